The van der Waals surface area contributed by atoms with Crippen LogP contribution in [0.25, 0.3) is 22.2 Å². The molecule has 0 radical (unpaired) electrons. The van der Waals surface area contributed by atoms with Crippen molar-refractivity contribution in [2.75, 3.05) is 13.1 Å². The molecule has 2 aliphatic heterocycles. The Morgan fingerprint density at radius 1 is 1.03 bits per heavy atom. The van der Waals surface area contributed by atoms with E-state index in [9.17, 15) is 9.59 Å². The first kappa shape index (κ1) is 18.1. The molecule has 6 rings (SSSR count). The Labute approximate surface area is 178 Å². The minimum atomic E-state index is -0.0520. The number of aromatic nitrogens is 4. The molecule has 1 amide bonds. The highest BCUT2D eigenvalue weighted by molar-refractivity contribution is 6.04. The highest BCUT2D eigenvalue weighted by Crippen LogP contribution is 2.37. The normalized spacial score (nSPS) is 19.9. The number of benzene rings is 1. The molecule has 31 heavy (non-hydrogen) atoms. The molecule has 1 fully saturated rings. The van der Waals surface area contributed by atoms with E-state index >= 15 is 0 Å². The Bertz CT molecular complexity index is 1360. The van der Waals surface area contributed by atoms with Crippen LogP contribution in [-0.4, -0.2) is 43.6 Å². The van der Waals surface area contributed by atoms with Crippen molar-refractivity contribution in [2.24, 2.45) is 5.92 Å². The van der Waals surface area contributed by atoms with E-state index in [1.54, 1.807) is 12.3 Å². The second kappa shape index (κ2) is 6.91. The molecule has 7 nitrogen and oxygen atoms in total. The molecular weight excluding hydrogens is 390 g/mol. The zero-order valence-corrected chi connectivity index (χ0v) is 16.9. The van der Waals surface area contributed by atoms with Gasteiger partial charge in [-0.1, -0.05) is 24.3 Å². The molecule has 4 aromatic rings. The van der Waals surface area contributed by atoms with Crippen molar-refractivity contribution in [3.63, 3.8) is 0 Å². The van der Waals surface area contributed by atoms with Crippen molar-refractivity contribution in [1.82, 2.24) is 24.6 Å². The van der Waals surface area contributed by atoms with Crippen molar-refractivity contribution in [3.8, 4) is 11.3 Å². The molecule has 2 aliphatic rings. The highest BCUT2D eigenvalue weighted by atomic mass is 16.2. The van der Waals surface area contributed by atoms with E-state index in [-0.39, 0.29) is 23.3 Å². The van der Waals surface area contributed by atoms with Gasteiger partial charge in [0.15, 0.2) is 5.69 Å². The van der Waals surface area contributed by atoms with E-state index in [0.29, 0.717) is 25.3 Å². The van der Waals surface area contributed by atoms with E-state index in [1.165, 1.54) is 0 Å². The van der Waals surface area contributed by atoms with E-state index in [1.807, 2.05) is 51.9 Å². The number of fused-ring (bicyclic) bond motifs is 5. The topological polar surface area (TPSA) is 83.9 Å². The number of rotatable bonds is 2. The average molecular weight is 411 g/mol. The summed E-state index contributed by atoms with van der Waals surface area (Å²) in [4.78, 5) is 32.5. The predicted octanol–water partition coefficient (Wildman–Crippen LogP) is 3.05. The number of para-hydroxylation sites is 1. The molecule has 0 unspecified atom stereocenters. The van der Waals surface area contributed by atoms with Crippen LogP contribution in [0, 0.1) is 5.92 Å². The first-order valence-electron chi connectivity index (χ1n) is 10.6. The molecule has 3 aromatic heterocycles. The quantitative estimate of drug-likeness (QED) is 0.550. The fourth-order valence-electron chi connectivity index (χ4n) is 5.08. The number of carbonyl (C=O) groups excluding carboxylic acids is 1. The summed E-state index contributed by atoms with van der Waals surface area (Å²) in [5.74, 6) is 0.334. The number of hydrogen-bond acceptors (Lipinski definition) is 4. The van der Waals surface area contributed by atoms with Gasteiger partial charge in [-0.2, -0.15) is 5.10 Å². The second-order valence-electron chi connectivity index (χ2n) is 8.46. The third kappa shape index (κ3) is 2.96. The largest absolute Gasteiger partial charge is 0.336 e. The molecule has 0 saturated carbocycles. The lowest BCUT2D eigenvalue weighted by Gasteiger charge is -2.42. The Kier molecular flexibility index (Phi) is 4.02. The molecule has 0 aliphatic carbocycles. The van der Waals surface area contributed by atoms with Crippen LogP contribution in [0.1, 0.15) is 28.5 Å². The minimum absolute atomic E-state index is 0.00549. The maximum atomic E-state index is 13.3. The summed E-state index contributed by atoms with van der Waals surface area (Å²) in [7, 11) is 0. The minimum Gasteiger partial charge on any atom is -0.336 e. The molecule has 5 heterocycles. The number of nitrogens with zero attached hydrogens (tertiary/aromatic N) is 4. The Balaban J connectivity index is 1.35. The Morgan fingerprint density at radius 3 is 2.77 bits per heavy atom. The maximum absolute atomic E-state index is 13.3. The van der Waals surface area contributed by atoms with E-state index < -0.39 is 0 Å². The number of piperidine rings is 1. The molecule has 2 atom stereocenters. The number of carbonyl (C=O) groups is 1. The fourth-order valence-corrected chi connectivity index (χ4v) is 5.08. The van der Waals surface area contributed by atoms with Gasteiger partial charge in [-0.05, 0) is 36.6 Å². The van der Waals surface area contributed by atoms with Crippen LogP contribution < -0.4 is 5.56 Å². The van der Waals surface area contributed by atoms with Crippen LogP contribution in [0.3, 0.4) is 0 Å². The smallest absolute Gasteiger partial charge is 0.275 e. The third-order valence-corrected chi connectivity index (χ3v) is 6.48. The Hall–Kier alpha value is -3.74. The van der Waals surface area contributed by atoms with Gasteiger partial charge in [0, 0.05) is 54.5 Å². The maximum Gasteiger partial charge on any atom is 0.275 e. The SMILES string of the molecule is O=C(c1n[nH]c2ccccc12)N1C[C@@H]2C[C@H](C1)c1cc(-c3ccccn3)cc(=O)n1C2. The summed E-state index contributed by atoms with van der Waals surface area (Å²) < 4.78 is 1.89. The van der Waals surface area contributed by atoms with E-state index in [4.69, 9.17) is 0 Å². The summed E-state index contributed by atoms with van der Waals surface area (Å²) in [6.45, 7) is 1.87. The van der Waals surface area contributed by atoms with Crippen LogP contribution in [0.4, 0.5) is 0 Å². The van der Waals surface area contributed by atoms with Gasteiger partial charge in [-0.15, -0.1) is 0 Å². The van der Waals surface area contributed by atoms with Gasteiger partial charge in [-0.25, -0.2) is 0 Å². The number of nitrogens with one attached hydrogen (secondary N) is 1. The summed E-state index contributed by atoms with van der Waals surface area (Å²) in [5.41, 5.74) is 3.95. The molecule has 0 spiro atoms. The number of H-pyrrole nitrogens is 1. The predicted molar refractivity (Wildman–Crippen MR) is 117 cm³/mol. The summed E-state index contributed by atoms with van der Waals surface area (Å²) in [5, 5.41) is 8.10. The van der Waals surface area contributed by atoms with Crippen LogP contribution in [0.15, 0.2) is 65.6 Å². The summed E-state index contributed by atoms with van der Waals surface area (Å²) >= 11 is 0. The van der Waals surface area contributed by atoms with Gasteiger partial charge in [0.25, 0.3) is 11.5 Å². The first-order valence-corrected chi connectivity index (χ1v) is 10.6. The van der Waals surface area contributed by atoms with Crippen molar-refractivity contribution in [1.29, 1.82) is 0 Å². The van der Waals surface area contributed by atoms with Gasteiger partial charge >= 0.3 is 0 Å². The van der Waals surface area contributed by atoms with Gasteiger partial charge in [0.2, 0.25) is 0 Å². The average Bonchev–Trinajstić information content (AvgIpc) is 3.24. The second-order valence-corrected chi connectivity index (χ2v) is 8.46. The molecule has 1 N–H and O–H groups in total. The molecule has 1 aromatic carbocycles. The number of likely N-dealkylation sites (tertiary alicyclic amines) is 1. The van der Waals surface area contributed by atoms with Crippen LogP contribution in [0.5, 0.6) is 0 Å². The molecular formula is C24H21N5O2. The van der Waals surface area contributed by atoms with Crippen LogP contribution >= 0.6 is 0 Å². The molecule has 2 bridgehead atoms. The van der Waals surface area contributed by atoms with E-state index in [2.05, 4.69) is 21.2 Å². The molecule has 1 saturated heterocycles. The number of pyridine rings is 2. The fraction of sp³-hybridized carbons (Fsp3) is 0.250. The van der Waals surface area contributed by atoms with Crippen molar-refractivity contribution < 1.29 is 4.79 Å². The zero-order valence-electron chi connectivity index (χ0n) is 16.9. The van der Waals surface area contributed by atoms with Crippen molar-refractivity contribution >= 4 is 16.8 Å². The van der Waals surface area contributed by atoms with Gasteiger partial charge in [0.1, 0.15) is 0 Å². The number of aromatic amines is 1. The van der Waals surface area contributed by atoms with Crippen LogP contribution in [0.2, 0.25) is 0 Å². The van der Waals surface area contributed by atoms with E-state index in [0.717, 1.165) is 34.3 Å². The lowest BCUT2D eigenvalue weighted by atomic mass is 9.82. The lowest BCUT2D eigenvalue weighted by molar-refractivity contribution is 0.0590. The van der Waals surface area contributed by atoms with Gasteiger partial charge in [0.05, 0.1) is 11.2 Å². The Morgan fingerprint density at radius 2 is 1.90 bits per heavy atom. The lowest BCUT2D eigenvalue weighted by Crippen LogP contribution is -2.49. The first-order chi connectivity index (χ1) is 15.2. The zero-order chi connectivity index (χ0) is 20.9. The highest BCUT2D eigenvalue weighted by Gasteiger charge is 2.37. The number of hydrogen-bond donors (Lipinski definition) is 1. The number of amides is 1. The van der Waals surface area contributed by atoms with Gasteiger partial charge < -0.3 is 9.47 Å². The molecule has 154 valence electrons. The summed E-state index contributed by atoms with van der Waals surface area (Å²) in [6, 6.07) is 17.1. The van der Waals surface area contributed by atoms with Crippen molar-refractivity contribution in [2.45, 2.75) is 18.9 Å². The van der Waals surface area contributed by atoms with Crippen LogP contribution in [-0.2, 0) is 6.54 Å². The summed E-state index contributed by atoms with van der Waals surface area (Å²) in [6.07, 6.45) is 2.72. The third-order valence-electron chi connectivity index (χ3n) is 6.48. The van der Waals surface area contributed by atoms with Crippen molar-refractivity contribution in [3.05, 3.63) is 82.5 Å². The monoisotopic (exact) mass is 411 g/mol. The standard InChI is InChI=1S/C24H21N5O2/c30-22-11-16(19-6-3-4-8-25-19)10-21-17-9-15(13-29(21)22)12-28(14-17)24(31)23-18-5-1-2-7-20(18)26-27-23/h1-8,10-11,15,17H,9,12-14H2,(H,26,27)/t15-,17+/m0/s1. The molecule has 7 heteroatoms. The van der Waals surface area contributed by atoms with Gasteiger partial charge in [-0.3, -0.25) is 19.7 Å².